The van der Waals surface area contributed by atoms with Crippen LogP contribution in [0.4, 0.5) is 4.79 Å². The molecule has 1 aliphatic heterocycles. The number of ether oxygens (including phenoxy) is 2. The molecule has 3 rings (SSSR count). The molecule has 154 valence electrons. The van der Waals surface area contributed by atoms with Crippen molar-refractivity contribution < 1.29 is 24.2 Å². The Kier molecular flexibility index (Phi) is 5.72. The van der Waals surface area contributed by atoms with E-state index in [1.54, 1.807) is 0 Å². The maximum atomic E-state index is 11.6. The standard InChI is InChI=1S/C21H25N3O5/c1-21(2,3)16-12-24(20(26)27)8-7-13-9-14(5-6-15(13)16)29-18-11-22-17(10-23-18)19(25)28-4/h5-6,9-11,16H,7-8,12H2,1-4H3,(H,26,27). The van der Waals surface area contributed by atoms with Crippen molar-refractivity contribution in [2.75, 3.05) is 20.2 Å². The number of carboxylic acid groups (broad SMARTS) is 1. The van der Waals surface area contributed by atoms with Crippen LogP contribution in [0, 0.1) is 5.41 Å². The van der Waals surface area contributed by atoms with Crippen LogP contribution in [0.25, 0.3) is 0 Å². The van der Waals surface area contributed by atoms with Crippen LogP contribution in [0.15, 0.2) is 30.6 Å². The molecule has 0 aliphatic carbocycles. The minimum atomic E-state index is -0.899. The van der Waals surface area contributed by atoms with Crippen molar-refractivity contribution in [1.29, 1.82) is 0 Å². The molecule has 1 atom stereocenters. The Morgan fingerprint density at radius 3 is 2.55 bits per heavy atom. The van der Waals surface area contributed by atoms with Gasteiger partial charge >= 0.3 is 12.1 Å². The highest BCUT2D eigenvalue weighted by atomic mass is 16.5. The number of fused-ring (bicyclic) bond motifs is 1. The van der Waals surface area contributed by atoms with Crippen molar-refractivity contribution in [2.45, 2.75) is 33.1 Å². The highest BCUT2D eigenvalue weighted by Gasteiger charge is 2.33. The van der Waals surface area contributed by atoms with E-state index in [0.717, 1.165) is 11.1 Å². The van der Waals surface area contributed by atoms with Crippen molar-refractivity contribution in [3.63, 3.8) is 0 Å². The highest BCUT2D eigenvalue weighted by molar-refractivity contribution is 5.86. The van der Waals surface area contributed by atoms with Crippen LogP contribution in [-0.4, -0.2) is 52.2 Å². The second-order valence-corrected chi connectivity index (χ2v) is 8.09. The summed E-state index contributed by atoms with van der Waals surface area (Å²) in [5.74, 6) is 0.348. The SMILES string of the molecule is COC(=O)c1cnc(Oc2ccc3c(c2)CCN(C(=O)O)CC3C(C)(C)C)cn1. The molecule has 8 heteroatoms. The molecule has 2 aromatic rings. The van der Waals surface area contributed by atoms with E-state index in [-0.39, 0.29) is 22.9 Å². The van der Waals surface area contributed by atoms with Crippen molar-refractivity contribution in [3.8, 4) is 11.6 Å². The summed E-state index contributed by atoms with van der Waals surface area (Å²) in [6.07, 6.45) is 2.37. The van der Waals surface area contributed by atoms with Crippen LogP contribution in [0.3, 0.4) is 0 Å². The zero-order valence-electron chi connectivity index (χ0n) is 17.0. The molecule has 1 N–H and O–H groups in total. The van der Waals surface area contributed by atoms with Crippen LogP contribution in [0.1, 0.15) is 48.3 Å². The Bertz CT molecular complexity index is 906. The lowest BCUT2D eigenvalue weighted by atomic mass is 9.75. The molecule has 8 nitrogen and oxygen atoms in total. The third-order valence-electron chi connectivity index (χ3n) is 5.10. The zero-order valence-corrected chi connectivity index (χ0v) is 17.0. The number of methoxy groups -OCH3 is 1. The van der Waals surface area contributed by atoms with Crippen molar-refractivity contribution >= 4 is 12.1 Å². The number of esters is 1. The van der Waals surface area contributed by atoms with E-state index in [2.05, 4.69) is 35.5 Å². The fourth-order valence-electron chi connectivity index (χ4n) is 3.48. The van der Waals surface area contributed by atoms with Gasteiger partial charge in [0.05, 0.1) is 19.5 Å². The van der Waals surface area contributed by atoms with Crippen LogP contribution >= 0.6 is 0 Å². The van der Waals surface area contributed by atoms with E-state index >= 15 is 0 Å². The molecular formula is C21H25N3O5. The van der Waals surface area contributed by atoms with Gasteiger partial charge in [-0.05, 0) is 35.1 Å². The van der Waals surface area contributed by atoms with Gasteiger partial charge in [0.1, 0.15) is 5.75 Å². The molecule has 29 heavy (non-hydrogen) atoms. The van der Waals surface area contributed by atoms with Crippen LogP contribution < -0.4 is 4.74 Å². The van der Waals surface area contributed by atoms with E-state index < -0.39 is 12.1 Å². The summed E-state index contributed by atoms with van der Waals surface area (Å²) in [4.78, 5) is 32.6. The molecule has 0 saturated heterocycles. The molecule has 0 fully saturated rings. The number of hydrogen-bond acceptors (Lipinski definition) is 6. The molecule has 1 aromatic heterocycles. The average molecular weight is 399 g/mol. The number of rotatable bonds is 3. The number of carbonyl (C=O) groups is 2. The highest BCUT2D eigenvalue weighted by Crippen LogP contribution is 2.40. The van der Waals surface area contributed by atoms with Crippen molar-refractivity contribution in [3.05, 3.63) is 47.4 Å². The molecular weight excluding hydrogens is 374 g/mol. The summed E-state index contributed by atoms with van der Waals surface area (Å²) in [6.45, 7) is 7.26. The summed E-state index contributed by atoms with van der Waals surface area (Å²) in [7, 11) is 1.28. The quantitative estimate of drug-likeness (QED) is 0.785. The molecule has 1 unspecified atom stereocenters. The zero-order chi connectivity index (χ0) is 21.2. The lowest BCUT2D eigenvalue weighted by Crippen LogP contribution is -2.36. The fourth-order valence-corrected chi connectivity index (χ4v) is 3.48. The van der Waals surface area contributed by atoms with E-state index in [1.165, 1.54) is 24.4 Å². The molecule has 1 aromatic carbocycles. The molecule has 1 aliphatic rings. The van der Waals surface area contributed by atoms with Gasteiger partial charge in [-0.2, -0.15) is 0 Å². The Labute approximate surface area is 169 Å². The lowest BCUT2D eigenvalue weighted by molar-refractivity contribution is 0.0593. The molecule has 1 amide bonds. The summed E-state index contributed by atoms with van der Waals surface area (Å²) < 4.78 is 10.4. The first-order chi connectivity index (χ1) is 13.7. The second-order valence-electron chi connectivity index (χ2n) is 8.09. The summed E-state index contributed by atoms with van der Waals surface area (Å²) >= 11 is 0. The molecule has 0 spiro atoms. The number of benzene rings is 1. The minimum absolute atomic E-state index is 0.0734. The second kappa shape index (κ2) is 8.06. The van der Waals surface area contributed by atoms with Crippen LogP contribution in [0.2, 0.25) is 0 Å². The topological polar surface area (TPSA) is 102 Å². The summed E-state index contributed by atoms with van der Waals surface area (Å²) in [6, 6.07) is 5.78. The molecule has 0 saturated carbocycles. The lowest BCUT2D eigenvalue weighted by Gasteiger charge is -2.33. The number of amides is 1. The first kappa shape index (κ1) is 20.6. The van der Waals surface area contributed by atoms with E-state index in [1.807, 2.05) is 18.2 Å². The Morgan fingerprint density at radius 1 is 1.21 bits per heavy atom. The van der Waals surface area contributed by atoms with Crippen molar-refractivity contribution in [1.82, 2.24) is 14.9 Å². The fraction of sp³-hybridized carbons (Fsp3) is 0.429. The van der Waals surface area contributed by atoms with Gasteiger partial charge in [0.15, 0.2) is 5.69 Å². The normalized spacial score (nSPS) is 16.6. The average Bonchev–Trinajstić information content (AvgIpc) is 2.87. The van der Waals surface area contributed by atoms with Gasteiger partial charge in [0.2, 0.25) is 5.88 Å². The third kappa shape index (κ3) is 4.64. The van der Waals surface area contributed by atoms with E-state index in [0.29, 0.717) is 25.3 Å². The number of aromatic nitrogens is 2. The van der Waals surface area contributed by atoms with Crippen LogP contribution in [0.5, 0.6) is 11.6 Å². The monoisotopic (exact) mass is 399 g/mol. The summed E-state index contributed by atoms with van der Waals surface area (Å²) in [5.41, 5.74) is 2.21. The predicted octanol–water partition coefficient (Wildman–Crippen LogP) is 3.72. The molecule has 0 bridgehead atoms. The predicted molar refractivity (Wildman–Crippen MR) is 105 cm³/mol. The smallest absolute Gasteiger partial charge is 0.407 e. The Morgan fingerprint density at radius 2 is 1.97 bits per heavy atom. The molecule has 0 radical (unpaired) electrons. The van der Waals surface area contributed by atoms with Gasteiger partial charge in [-0.3, -0.25) is 0 Å². The van der Waals surface area contributed by atoms with Gasteiger partial charge in [-0.25, -0.2) is 19.6 Å². The number of carbonyl (C=O) groups excluding carboxylic acids is 1. The van der Waals surface area contributed by atoms with E-state index in [4.69, 9.17) is 4.74 Å². The van der Waals surface area contributed by atoms with Gasteiger partial charge in [0.25, 0.3) is 0 Å². The van der Waals surface area contributed by atoms with Gasteiger partial charge < -0.3 is 19.5 Å². The first-order valence-corrected chi connectivity index (χ1v) is 9.38. The maximum Gasteiger partial charge on any atom is 0.407 e. The van der Waals surface area contributed by atoms with Gasteiger partial charge in [0, 0.05) is 19.0 Å². The van der Waals surface area contributed by atoms with E-state index in [9.17, 15) is 14.7 Å². The maximum absolute atomic E-state index is 11.6. The largest absolute Gasteiger partial charge is 0.465 e. The summed E-state index contributed by atoms with van der Waals surface area (Å²) in [5, 5.41) is 9.51. The third-order valence-corrected chi connectivity index (χ3v) is 5.10. The Balaban J connectivity index is 1.86. The van der Waals surface area contributed by atoms with Crippen molar-refractivity contribution in [2.24, 2.45) is 5.41 Å². The number of nitrogens with zero attached hydrogens (tertiary/aromatic N) is 3. The van der Waals surface area contributed by atoms with Gasteiger partial charge in [-0.1, -0.05) is 26.8 Å². The first-order valence-electron chi connectivity index (χ1n) is 9.38. The molecule has 2 heterocycles. The van der Waals surface area contributed by atoms with Crippen LogP contribution in [-0.2, 0) is 11.2 Å². The van der Waals surface area contributed by atoms with Gasteiger partial charge in [-0.15, -0.1) is 0 Å². The Hall–Kier alpha value is -3.16. The number of hydrogen-bond donors (Lipinski definition) is 1. The minimum Gasteiger partial charge on any atom is -0.465 e.